The number of benzene rings is 2. The van der Waals surface area contributed by atoms with Gasteiger partial charge in [0.25, 0.3) is 0 Å². The first kappa shape index (κ1) is 19.9. The quantitative estimate of drug-likeness (QED) is 0.545. The van der Waals surface area contributed by atoms with Gasteiger partial charge in [0.05, 0.1) is 18.2 Å². The standard InChI is InChI=1S/C22H24N2O3S/c1-3-13-26-18-11-9-17(10-12-18)20-19(15(2)23-22(28)24-20)21(25)27-14-16-7-5-4-6-8-16/h4-12,20H,3,13-14H2,1-2H3,(H2,23,24,28)/t20-/m1/s1. The van der Waals surface area contributed by atoms with Crippen molar-refractivity contribution >= 4 is 23.3 Å². The zero-order chi connectivity index (χ0) is 19.9. The number of carbonyl (C=O) groups excluding carboxylic acids is 1. The molecule has 5 nitrogen and oxygen atoms in total. The maximum absolute atomic E-state index is 12.9. The molecule has 1 aliphatic rings. The van der Waals surface area contributed by atoms with E-state index in [-0.39, 0.29) is 18.6 Å². The Balaban J connectivity index is 1.79. The molecule has 0 spiro atoms. The summed E-state index contributed by atoms with van der Waals surface area (Å²) in [5.74, 6) is 0.427. The molecule has 0 fully saturated rings. The van der Waals surface area contributed by atoms with Gasteiger partial charge < -0.3 is 20.1 Å². The van der Waals surface area contributed by atoms with Crippen LogP contribution in [0.2, 0.25) is 0 Å². The van der Waals surface area contributed by atoms with Crippen LogP contribution in [-0.4, -0.2) is 17.7 Å². The second-order valence-corrected chi connectivity index (χ2v) is 6.96. The van der Waals surface area contributed by atoms with Crippen molar-refractivity contribution in [2.45, 2.75) is 32.9 Å². The lowest BCUT2D eigenvalue weighted by molar-refractivity contribution is -0.140. The number of hydrogen-bond acceptors (Lipinski definition) is 4. The summed E-state index contributed by atoms with van der Waals surface area (Å²) in [4.78, 5) is 12.9. The Bertz CT molecular complexity index is 863. The van der Waals surface area contributed by atoms with E-state index in [9.17, 15) is 4.79 Å². The predicted molar refractivity (Wildman–Crippen MR) is 113 cm³/mol. The Morgan fingerprint density at radius 2 is 1.82 bits per heavy atom. The first-order valence-electron chi connectivity index (χ1n) is 9.30. The van der Waals surface area contributed by atoms with Gasteiger partial charge in [-0.15, -0.1) is 0 Å². The fourth-order valence-corrected chi connectivity index (χ4v) is 3.26. The Labute approximate surface area is 170 Å². The maximum atomic E-state index is 12.9. The van der Waals surface area contributed by atoms with Gasteiger partial charge in [0, 0.05) is 5.70 Å². The first-order chi connectivity index (χ1) is 13.6. The van der Waals surface area contributed by atoms with Crippen LogP contribution in [0.15, 0.2) is 65.9 Å². The SMILES string of the molecule is CCCOc1ccc([C@H]2NC(=S)NC(C)=C2C(=O)OCc2ccccc2)cc1. The summed E-state index contributed by atoms with van der Waals surface area (Å²) in [6, 6.07) is 16.9. The number of hydrogen-bond donors (Lipinski definition) is 2. The highest BCUT2D eigenvalue weighted by atomic mass is 32.1. The Kier molecular flexibility index (Phi) is 6.66. The second kappa shape index (κ2) is 9.37. The number of thiocarbonyl (C=S) groups is 1. The summed E-state index contributed by atoms with van der Waals surface area (Å²) >= 11 is 5.29. The van der Waals surface area contributed by atoms with Crippen LogP contribution < -0.4 is 15.4 Å². The van der Waals surface area contributed by atoms with Crippen molar-refractivity contribution in [1.29, 1.82) is 0 Å². The third-order valence-corrected chi connectivity index (χ3v) is 4.61. The monoisotopic (exact) mass is 396 g/mol. The highest BCUT2D eigenvalue weighted by Crippen LogP contribution is 2.29. The van der Waals surface area contributed by atoms with Crippen LogP contribution in [-0.2, 0) is 16.1 Å². The Hall–Kier alpha value is -2.86. The van der Waals surface area contributed by atoms with E-state index in [1.54, 1.807) is 0 Å². The van der Waals surface area contributed by atoms with Crippen LogP contribution in [0.5, 0.6) is 5.75 Å². The van der Waals surface area contributed by atoms with Crippen molar-refractivity contribution in [3.8, 4) is 5.75 Å². The average molecular weight is 397 g/mol. The zero-order valence-corrected chi connectivity index (χ0v) is 16.8. The lowest BCUT2D eigenvalue weighted by atomic mass is 9.95. The predicted octanol–water partition coefficient (Wildman–Crippen LogP) is 4.01. The van der Waals surface area contributed by atoms with Crippen LogP contribution in [0.3, 0.4) is 0 Å². The molecule has 1 heterocycles. The van der Waals surface area contributed by atoms with E-state index in [4.69, 9.17) is 21.7 Å². The maximum Gasteiger partial charge on any atom is 0.338 e. The lowest BCUT2D eigenvalue weighted by Crippen LogP contribution is -2.45. The van der Waals surface area contributed by atoms with E-state index in [1.165, 1.54) is 0 Å². The van der Waals surface area contributed by atoms with E-state index >= 15 is 0 Å². The minimum absolute atomic E-state index is 0.220. The van der Waals surface area contributed by atoms with Crippen molar-refractivity contribution in [1.82, 2.24) is 10.6 Å². The Morgan fingerprint density at radius 1 is 1.11 bits per heavy atom. The Morgan fingerprint density at radius 3 is 2.50 bits per heavy atom. The minimum atomic E-state index is -0.378. The van der Waals surface area contributed by atoms with Crippen molar-refractivity contribution in [3.05, 3.63) is 77.0 Å². The molecule has 0 bridgehead atoms. The molecule has 6 heteroatoms. The summed E-state index contributed by atoms with van der Waals surface area (Å²) in [7, 11) is 0. The number of esters is 1. The molecular weight excluding hydrogens is 372 g/mol. The van der Waals surface area contributed by atoms with Crippen molar-refractivity contribution in [3.63, 3.8) is 0 Å². The molecule has 28 heavy (non-hydrogen) atoms. The topological polar surface area (TPSA) is 59.6 Å². The van der Waals surface area contributed by atoms with Crippen LogP contribution in [0.4, 0.5) is 0 Å². The molecule has 2 aromatic rings. The van der Waals surface area contributed by atoms with Crippen LogP contribution in [0.25, 0.3) is 0 Å². The van der Waals surface area contributed by atoms with Crippen molar-refractivity contribution in [2.75, 3.05) is 6.61 Å². The van der Waals surface area contributed by atoms with Crippen LogP contribution in [0.1, 0.15) is 37.4 Å². The number of carbonyl (C=O) groups is 1. The molecule has 0 saturated heterocycles. The van der Waals surface area contributed by atoms with E-state index in [0.717, 1.165) is 23.3 Å². The molecule has 146 valence electrons. The van der Waals surface area contributed by atoms with Gasteiger partial charge in [0.15, 0.2) is 5.11 Å². The van der Waals surface area contributed by atoms with E-state index in [1.807, 2.05) is 61.5 Å². The summed E-state index contributed by atoms with van der Waals surface area (Å²) in [5, 5.41) is 6.68. The van der Waals surface area contributed by atoms with E-state index < -0.39 is 0 Å². The molecule has 0 radical (unpaired) electrons. The molecule has 2 N–H and O–H groups in total. The molecule has 1 aliphatic heterocycles. The summed E-state index contributed by atoms with van der Waals surface area (Å²) < 4.78 is 11.2. The number of rotatable bonds is 7. The third kappa shape index (κ3) is 4.89. The van der Waals surface area contributed by atoms with Crippen molar-refractivity contribution in [2.24, 2.45) is 0 Å². The second-order valence-electron chi connectivity index (χ2n) is 6.55. The fourth-order valence-electron chi connectivity index (χ4n) is 2.99. The number of ether oxygens (including phenoxy) is 2. The first-order valence-corrected chi connectivity index (χ1v) is 9.71. The molecule has 1 atom stereocenters. The highest BCUT2D eigenvalue weighted by molar-refractivity contribution is 7.80. The van der Waals surface area contributed by atoms with Crippen LogP contribution >= 0.6 is 12.2 Å². The van der Waals surface area contributed by atoms with Gasteiger partial charge in [-0.05, 0) is 48.8 Å². The lowest BCUT2D eigenvalue weighted by Gasteiger charge is -2.30. The van der Waals surface area contributed by atoms with E-state index in [2.05, 4.69) is 17.6 Å². The molecule has 0 saturated carbocycles. The fraction of sp³-hybridized carbons (Fsp3) is 0.273. The van der Waals surface area contributed by atoms with Gasteiger partial charge in [-0.2, -0.15) is 0 Å². The molecule has 0 amide bonds. The molecular formula is C22H24N2O3S. The van der Waals surface area contributed by atoms with E-state index in [0.29, 0.717) is 23.0 Å². The summed E-state index contributed by atoms with van der Waals surface area (Å²) in [5.41, 5.74) is 3.07. The molecule has 0 unspecified atom stereocenters. The van der Waals surface area contributed by atoms with Gasteiger partial charge in [0.2, 0.25) is 0 Å². The zero-order valence-electron chi connectivity index (χ0n) is 16.0. The molecule has 2 aromatic carbocycles. The van der Waals surface area contributed by atoms with Gasteiger partial charge in [-0.1, -0.05) is 49.4 Å². The van der Waals surface area contributed by atoms with Gasteiger partial charge in [0.1, 0.15) is 12.4 Å². The van der Waals surface area contributed by atoms with Gasteiger partial charge in [-0.25, -0.2) is 4.79 Å². The molecule has 3 rings (SSSR count). The molecule has 0 aliphatic carbocycles. The third-order valence-electron chi connectivity index (χ3n) is 4.39. The molecule has 0 aromatic heterocycles. The summed E-state index contributed by atoms with van der Waals surface area (Å²) in [6.45, 7) is 4.79. The van der Waals surface area contributed by atoms with Crippen LogP contribution in [0, 0.1) is 0 Å². The van der Waals surface area contributed by atoms with Crippen molar-refractivity contribution < 1.29 is 14.3 Å². The normalized spacial score (nSPS) is 16.2. The van der Waals surface area contributed by atoms with Gasteiger partial charge in [-0.3, -0.25) is 0 Å². The number of allylic oxidation sites excluding steroid dienone is 1. The largest absolute Gasteiger partial charge is 0.494 e. The van der Waals surface area contributed by atoms with Gasteiger partial charge >= 0.3 is 5.97 Å². The average Bonchev–Trinajstić information content (AvgIpc) is 2.71. The highest BCUT2D eigenvalue weighted by Gasteiger charge is 2.31. The summed E-state index contributed by atoms with van der Waals surface area (Å²) in [6.07, 6.45) is 0.950. The smallest absolute Gasteiger partial charge is 0.338 e. The minimum Gasteiger partial charge on any atom is -0.494 e. The number of nitrogens with one attached hydrogen (secondary N) is 2.